The number of benzene rings is 2. The number of pyridine rings is 1. The second-order valence-electron chi connectivity index (χ2n) is 4.77. The van der Waals surface area contributed by atoms with Gasteiger partial charge in [0, 0.05) is 5.39 Å². The number of fused-ring (bicyclic) bond motifs is 2. The van der Waals surface area contributed by atoms with Gasteiger partial charge in [0.05, 0.1) is 28.3 Å². The average molecular weight is 295 g/mol. The first-order chi connectivity index (χ1) is 10.4. The number of hydrogen-bond donors (Lipinski definition) is 0. The Balaban J connectivity index is 2.09. The van der Waals surface area contributed by atoms with Gasteiger partial charge in [-0.1, -0.05) is 35.5 Å². The molecule has 5 heteroatoms. The molecule has 0 saturated heterocycles. The minimum atomic E-state index is 0.366. The van der Waals surface area contributed by atoms with Crippen molar-refractivity contribution in [2.24, 2.45) is 0 Å². The summed E-state index contributed by atoms with van der Waals surface area (Å²) in [5, 5.41) is 9.53. The average Bonchev–Trinajstić information content (AvgIpc) is 2.97. The number of para-hydroxylation sites is 2. The maximum atomic E-state index is 5.97. The Labute approximate surface area is 126 Å². The van der Waals surface area contributed by atoms with Gasteiger partial charge in [0.2, 0.25) is 0 Å². The van der Waals surface area contributed by atoms with Crippen molar-refractivity contribution in [3.63, 3.8) is 0 Å². The largest absolute Gasteiger partial charge is 0.251 e. The molecule has 21 heavy (non-hydrogen) atoms. The van der Waals surface area contributed by atoms with Gasteiger partial charge >= 0.3 is 0 Å². The van der Waals surface area contributed by atoms with Crippen LogP contribution in [-0.2, 0) is 5.88 Å². The zero-order valence-electron chi connectivity index (χ0n) is 11.1. The highest BCUT2D eigenvalue weighted by Crippen LogP contribution is 2.25. The molecular formula is C16H11ClN4. The van der Waals surface area contributed by atoms with Gasteiger partial charge in [-0.25, -0.2) is 4.68 Å². The predicted octanol–water partition coefficient (Wildman–Crippen LogP) is 3.71. The van der Waals surface area contributed by atoms with Crippen molar-refractivity contribution in [3.05, 3.63) is 60.3 Å². The molecule has 102 valence electrons. The van der Waals surface area contributed by atoms with E-state index in [-0.39, 0.29) is 0 Å². The number of halogens is 1. The second-order valence-corrected chi connectivity index (χ2v) is 5.04. The highest BCUT2D eigenvalue weighted by atomic mass is 35.5. The number of rotatable bonds is 2. The van der Waals surface area contributed by atoms with E-state index in [0.29, 0.717) is 5.88 Å². The lowest BCUT2D eigenvalue weighted by Crippen LogP contribution is -2.00. The topological polar surface area (TPSA) is 43.6 Å². The van der Waals surface area contributed by atoms with E-state index in [1.54, 1.807) is 0 Å². The van der Waals surface area contributed by atoms with Crippen LogP contribution in [0.2, 0.25) is 0 Å². The smallest absolute Gasteiger partial charge is 0.113 e. The highest BCUT2D eigenvalue weighted by Gasteiger charge is 2.11. The van der Waals surface area contributed by atoms with Gasteiger partial charge in [0.25, 0.3) is 0 Å². The molecule has 0 amide bonds. The molecule has 0 N–H and O–H groups in total. The fourth-order valence-electron chi connectivity index (χ4n) is 2.50. The van der Waals surface area contributed by atoms with Crippen LogP contribution in [-0.4, -0.2) is 20.0 Å². The minimum absolute atomic E-state index is 0.366. The van der Waals surface area contributed by atoms with Crippen molar-refractivity contribution in [1.29, 1.82) is 0 Å². The van der Waals surface area contributed by atoms with Gasteiger partial charge in [-0.2, -0.15) is 0 Å². The van der Waals surface area contributed by atoms with Crippen LogP contribution >= 0.6 is 11.6 Å². The van der Waals surface area contributed by atoms with Crippen LogP contribution < -0.4 is 0 Å². The monoisotopic (exact) mass is 294 g/mol. The summed E-state index contributed by atoms with van der Waals surface area (Å²) in [6.45, 7) is 0. The van der Waals surface area contributed by atoms with Crippen molar-refractivity contribution in [3.8, 4) is 5.69 Å². The Morgan fingerprint density at radius 1 is 0.952 bits per heavy atom. The van der Waals surface area contributed by atoms with E-state index in [2.05, 4.69) is 15.3 Å². The minimum Gasteiger partial charge on any atom is -0.251 e. The van der Waals surface area contributed by atoms with E-state index >= 15 is 0 Å². The summed E-state index contributed by atoms with van der Waals surface area (Å²) >= 11 is 5.97. The van der Waals surface area contributed by atoms with E-state index in [9.17, 15) is 0 Å². The summed E-state index contributed by atoms with van der Waals surface area (Å²) in [6, 6.07) is 17.8. The third kappa shape index (κ3) is 1.96. The van der Waals surface area contributed by atoms with Crippen molar-refractivity contribution >= 4 is 33.5 Å². The molecule has 0 bridgehead atoms. The summed E-state index contributed by atoms with van der Waals surface area (Å²) in [5.41, 5.74) is 4.51. The molecule has 4 rings (SSSR count). The Morgan fingerprint density at radius 3 is 2.57 bits per heavy atom. The Morgan fingerprint density at radius 2 is 1.71 bits per heavy atom. The summed E-state index contributed by atoms with van der Waals surface area (Å²) in [6.07, 6.45) is 0. The van der Waals surface area contributed by atoms with Gasteiger partial charge < -0.3 is 0 Å². The molecular weight excluding hydrogens is 284 g/mol. The van der Waals surface area contributed by atoms with Crippen LogP contribution in [0.3, 0.4) is 0 Å². The lowest BCUT2D eigenvalue weighted by atomic mass is 10.1. The SMILES string of the molecule is ClCc1cc(-n2nnc3ccccc32)c2ccccc2n1. The van der Waals surface area contributed by atoms with Crippen LogP contribution in [0.25, 0.3) is 27.6 Å². The summed E-state index contributed by atoms with van der Waals surface area (Å²) in [7, 11) is 0. The molecule has 0 spiro atoms. The molecule has 2 aromatic carbocycles. The van der Waals surface area contributed by atoms with Gasteiger partial charge in [-0.3, -0.25) is 4.98 Å². The van der Waals surface area contributed by atoms with Crippen molar-refractivity contribution in [1.82, 2.24) is 20.0 Å². The van der Waals surface area contributed by atoms with Gasteiger partial charge in [0.1, 0.15) is 5.52 Å². The van der Waals surface area contributed by atoms with Crippen LogP contribution in [0.5, 0.6) is 0 Å². The molecule has 0 atom stereocenters. The summed E-state index contributed by atoms with van der Waals surface area (Å²) < 4.78 is 1.84. The molecule has 0 radical (unpaired) electrons. The van der Waals surface area contributed by atoms with Crippen LogP contribution in [0.4, 0.5) is 0 Å². The van der Waals surface area contributed by atoms with Crippen LogP contribution in [0, 0.1) is 0 Å². The normalized spacial score (nSPS) is 11.3. The molecule has 4 nitrogen and oxygen atoms in total. The Kier molecular flexibility index (Phi) is 2.82. The lowest BCUT2D eigenvalue weighted by Gasteiger charge is -2.08. The predicted molar refractivity (Wildman–Crippen MR) is 83.7 cm³/mol. The van der Waals surface area contributed by atoms with Crippen LogP contribution in [0.15, 0.2) is 54.6 Å². The summed E-state index contributed by atoms with van der Waals surface area (Å²) in [4.78, 5) is 4.55. The van der Waals surface area contributed by atoms with Gasteiger partial charge in [-0.15, -0.1) is 16.7 Å². The molecule has 0 aliphatic carbocycles. The van der Waals surface area contributed by atoms with Crippen LogP contribution in [0.1, 0.15) is 5.69 Å². The molecule has 2 aromatic heterocycles. The van der Waals surface area contributed by atoms with E-state index in [4.69, 9.17) is 11.6 Å². The first-order valence-corrected chi connectivity index (χ1v) is 7.16. The first-order valence-electron chi connectivity index (χ1n) is 6.62. The third-order valence-corrected chi connectivity index (χ3v) is 3.74. The Bertz CT molecular complexity index is 945. The molecule has 2 heterocycles. The number of alkyl halides is 1. The van der Waals surface area contributed by atoms with Gasteiger partial charge in [0.15, 0.2) is 0 Å². The van der Waals surface area contributed by atoms with Gasteiger partial charge in [-0.05, 0) is 24.3 Å². The van der Waals surface area contributed by atoms with Crippen molar-refractivity contribution in [2.45, 2.75) is 5.88 Å². The number of nitrogens with zero attached hydrogens (tertiary/aromatic N) is 4. The highest BCUT2D eigenvalue weighted by molar-refractivity contribution is 6.17. The molecule has 0 aliphatic heterocycles. The van der Waals surface area contributed by atoms with E-state index < -0.39 is 0 Å². The van der Waals surface area contributed by atoms with Crippen molar-refractivity contribution < 1.29 is 0 Å². The molecule has 0 unspecified atom stereocenters. The molecule has 0 aliphatic rings. The molecule has 0 saturated carbocycles. The lowest BCUT2D eigenvalue weighted by molar-refractivity contribution is 0.826. The Hall–Kier alpha value is -2.46. The first kappa shape index (κ1) is 12.3. The molecule has 0 fully saturated rings. The number of hydrogen-bond acceptors (Lipinski definition) is 3. The fourth-order valence-corrected chi connectivity index (χ4v) is 2.64. The third-order valence-electron chi connectivity index (χ3n) is 3.46. The van der Waals surface area contributed by atoms with E-state index in [0.717, 1.165) is 33.3 Å². The van der Waals surface area contributed by atoms with E-state index in [1.165, 1.54) is 0 Å². The standard InChI is InChI=1S/C16H11ClN4/c17-10-11-9-16(12-5-1-2-6-13(12)18-11)21-15-8-4-3-7-14(15)19-20-21/h1-9H,10H2. The quantitative estimate of drug-likeness (QED) is 0.529. The second kappa shape index (κ2) is 4.82. The fraction of sp³-hybridized carbons (Fsp3) is 0.0625. The number of aromatic nitrogens is 4. The maximum absolute atomic E-state index is 5.97. The van der Waals surface area contributed by atoms with E-state index in [1.807, 2.05) is 59.3 Å². The summed E-state index contributed by atoms with van der Waals surface area (Å²) in [5.74, 6) is 0.366. The van der Waals surface area contributed by atoms with Crippen molar-refractivity contribution in [2.75, 3.05) is 0 Å². The zero-order chi connectivity index (χ0) is 14.2. The maximum Gasteiger partial charge on any atom is 0.113 e. The molecule has 4 aromatic rings. The zero-order valence-corrected chi connectivity index (χ0v) is 11.8.